The van der Waals surface area contributed by atoms with Crippen molar-refractivity contribution in [2.45, 2.75) is 18.2 Å². The number of ether oxygens (including phenoxy) is 1. The summed E-state index contributed by atoms with van der Waals surface area (Å²) in [5.74, 6) is -1.20. The van der Waals surface area contributed by atoms with E-state index in [2.05, 4.69) is 16.4 Å². The predicted molar refractivity (Wildman–Crippen MR) is 91.6 cm³/mol. The molecular weight excluding hydrogens is 332 g/mol. The number of nitrogens with one attached hydrogen (secondary N) is 1. The van der Waals surface area contributed by atoms with Crippen LogP contribution in [0.2, 0.25) is 0 Å². The normalized spacial score (nSPS) is 12.8. The van der Waals surface area contributed by atoms with Crippen LogP contribution in [0.4, 0.5) is 0 Å². The first-order chi connectivity index (χ1) is 11.3. The van der Waals surface area contributed by atoms with E-state index in [1.807, 2.05) is 6.92 Å². The molecule has 0 saturated heterocycles. The lowest BCUT2D eigenvalue weighted by Crippen LogP contribution is -2.26. The van der Waals surface area contributed by atoms with Gasteiger partial charge in [0, 0.05) is 13.3 Å². The molecule has 0 unspecified atom stereocenters. The number of rotatable bonds is 9. The first-order valence-electron chi connectivity index (χ1n) is 7.04. The molecule has 0 saturated carbocycles. The molecule has 0 aliphatic carbocycles. The van der Waals surface area contributed by atoms with Crippen molar-refractivity contribution in [3.8, 4) is 0 Å². The molecule has 0 aromatic heterocycles. The van der Waals surface area contributed by atoms with E-state index >= 15 is 0 Å². The first kappa shape index (κ1) is 19.6. The molecule has 8 heteroatoms. The molecule has 0 fully saturated rings. The van der Waals surface area contributed by atoms with E-state index in [1.54, 1.807) is 6.08 Å². The number of carboxylic acids is 1. The average molecular weight is 352 g/mol. The molecule has 0 heterocycles. The van der Waals surface area contributed by atoms with Crippen molar-refractivity contribution >= 4 is 22.7 Å². The maximum Gasteiger partial charge on any atom is 0.335 e. The highest BCUT2D eigenvalue weighted by molar-refractivity contribution is 7.89. The number of benzene rings is 1. The molecule has 2 N–H and O–H groups in total. The van der Waals surface area contributed by atoms with Gasteiger partial charge in [-0.2, -0.15) is 0 Å². The summed E-state index contributed by atoms with van der Waals surface area (Å²) in [6.07, 6.45) is 3.76. The van der Waals surface area contributed by atoms with Gasteiger partial charge in [-0.1, -0.05) is 13.0 Å². The van der Waals surface area contributed by atoms with Gasteiger partial charge in [-0.15, -0.1) is 0 Å². The number of carboxylic acid groups (broad SMARTS) is 1. The van der Waals surface area contributed by atoms with Crippen LogP contribution < -0.4 is 4.72 Å². The minimum absolute atomic E-state index is 0.0341. The molecule has 1 aromatic carbocycles. The predicted octanol–water partition coefficient (Wildman–Crippen LogP) is 2.19. The van der Waals surface area contributed by atoms with Crippen molar-refractivity contribution in [1.82, 2.24) is 4.72 Å². The van der Waals surface area contributed by atoms with Crippen LogP contribution in [0.5, 0.6) is 0 Å². The van der Waals surface area contributed by atoms with Crippen molar-refractivity contribution in [2.24, 2.45) is 4.99 Å². The Hall–Kier alpha value is -2.45. The van der Waals surface area contributed by atoms with Crippen molar-refractivity contribution in [3.05, 3.63) is 53.4 Å². The lowest BCUT2D eigenvalue weighted by Gasteiger charge is -2.12. The van der Waals surface area contributed by atoms with Gasteiger partial charge >= 0.3 is 5.97 Å². The highest BCUT2D eigenvalue weighted by atomic mass is 32.2. The number of methoxy groups -OCH3 is 1. The van der Waals surface area contributed by atoms with Gasteiger partial charge in [0.25, 0.3) is 10.0 Å². The molecule has 0 amide bonds. The molecule has 0 aliphatic rings. The zero-order valence-corrected chi connectivity index (χ0v) is 14.3. The zero-order valence-electron chi connectivity index (χ0n) is 13.5. The van der Waals surface area contributed by atoms with Crippen LogP contribution in [-0.4, -0.2) is 39.9 Å². The topological polar surface area (TPSA) is 105 Å². The van der Waals surface area contributed by atoms with E-state index in [4.69, 9.17) is 9.84 Å². The summed E-state index contributed by atoms with van der Waals surface area (Å²) in [7, 11) is -2.50. The minimum Gasteiger partial charge on any atom is -0.478 e. The summed E-state index contributed by atoms with van der Waals surface area (Å²) >= 11 is 0. The van der Waals surface area contributed by atoms with Crippen LogP contribution in [0.1, 0.15) is 23.7 Å². The third-order valence-corrected chi connectivity index (χ3v) is 4.39. The molecule has 0 radical (unpaired) electrons. The Bertz CT molecular complexity index is 766. The van der Waals surface area contributed by atoms with E-state index in [1.165, 1.54) is 31.5 Å². The van der Waals surface area contributed by atoms with Gasteiger partial charge in [0.2, 0.25) is 0 Å². The monoisotopic (exact) mass is 352 g/mol. The van der Waals surface area contributed by atoms with Crippen LogP contribution in [0.25, 0.3) is 0 Å². The second-order valence-electron chi connectivity index (χ2n) is 4.78. The quantitative estimate of drug-likeness (QED) is 0.523. The molecule has 1 aromatic rings. The zero-order chi connectivity index (χ0) is 18.2. The Morgan fingerprint density at radius 2 is 2.17 bits per heavy atom. The van der Waals surface area contributed by atoms with Gasteiger partial charge in [-0.3, -0.25) is 9.71 Å². The Morgan fingerprint density at radius 1 is 1.46 bits per heavy atom. The van der Waals surface area contributed by atoms with Crippen LogP contribution in [0.15, 0.2) is 57.7 Å². The van der Waals surface area contributed by atoms with Crippen molar-refractivity contribution in [3.63, 3.8) is 0 Å². The maximum atomic E-state index is 12.5. The van der Waals surface area contributed by atoms with Gasteiger partial charge in [0.05, 0.1) is 22.8 Å². The molecule has 7 nitrogen and oxygen atoms in total. The molecular formula is C16H20N2O5S. The van der Waals surface area contributed by atoms with Crippen LogP contribution in [0.3, 0.4) is 0 Å². The number of carbonyl (C=O) groups is 1. The molecule has 1 rings (SSSR count). The maximum absolute atomic E-state index is 12.5. The third-order valence-electron chi connectivity index (χ3n) is 2.98. The van der Waals surface area contributed by atoms with Crippen LogP contribution in [0, 0.1) is 0 Å². The lowest BCUT2D eigenvalue weighted by molar-refractivity contribution is 0.0696. The molecule has 0 spiro atoms. The fraction of sp³-hybridized carbons (Fsp3) is 0.250. The van der Waals surface area contributed by atoms with Gasteiger partial charge in [0.15, 0.2) is 0 Å². The van der Waals surface area contributed by atoms with E-state index in [0.717, 1.165) is 11.6 Å². The Kier molecular flexibility index (Phi) is 7.34. The van der Waals surface area contributed by atoms with Crippen LogP contribution in [-0.2, 0) is 14.8 Å². The van der Waals surface area contributed by atoms with Gasteiger partial charge in [-0.25, -0.2) is 13.2 Å². The molecule has 0 atom stereocenters. The second-order valence-corrected chi connectivity index (χ2v) is 6.46. The van der Waals surface area contributed by atoms with Gasteiger partial charge in [0.1, 0.15) is 0 Å². The number of hydrogen-bond acceptors (Lipinski definition) is 5. The summed E-state index contributed by atoms with van der Waals surface area (Å²) in [5, 5.41) is 8.98. The number of aromatic carboxylic acids is 1. The SMILES string of the molecule is C=N/C=C(\C=C(/COC)NS(=O)(=O)c1cccc(C(=O)O)c1)CC. The lowest BCUT2D eigenvalue weighted by atomic mass is 10.2. The highest BCUT2D eigenvalue weighted by Gasteiger charge is 2.17. The third kappa shape index (κ3) is 5.64. The van der Waals surface area contributed by atoms with E-state index in [-0.39, 0.29) is 17.1 Å². The summed E-state index contributed by atoms with van der Waals surface area (Å²) in [5.41, 5.74) is 0.953. The Balaban J connectivity index is 3.19. The van der Waals surface area contributed by atoms with Gasteiger partial charge in [-0.05, 0) is 43.0 Å². The average Bonchev–Trinajstić information content (AvgIpc) is 2.54. The summed E-state index contributed by atoms with van der Waals surface area (Å²) in [4.78, 5) is 14.5. The highest BCUT2D eigenvalue weighted by Crippen LogP contribution is 2.14. The number of hydrogen-bond donors (Lipinski definition) is 2. The standard InChI is InChI=1S/C16H20N2O5S/c1-4-12(10-17-2)8-14(11-23-3)18-24(21,22)15-7-5-6-13(9-15)16(19)20/h5-10,18H,2,4,11H2,1,3H3,(H,19,20)/b12-10-,14-8+. The van der Waals surface area contributed by atoms with Crippen LogP contribution >= 0.6 is 0 Å². The number of allylic oxidation sites excluding steroid dienone is 2. The molecule has 24 heavy (non-hydrogen) atoms. The largest absolute Gasteiger partial charge is 0.478 e. The smallest absolute Gasteiger partial charge is 0.335 e. The van der Waals surface area contributed by atoms with Crippen molar-refractivity contribution < 1.29 is 23.1 Å². The number of nitrogens with zero attached hydrogens (tertiary/aromatic N) is 1. The van der Waals surface area contributed by atoms with Crippen molar-refractivity contribution in [2.75, 3.05) is 13.7 Å². The molecule has 0 bridgehead atoms. The summed E-state index contributed by atoms with van der Waals surface area (Å²) < 4.78 is 32.3. The fourth-order valence-corrected chi connectivity index (χ4v) is 2.98. The van der Waals surface area contributed by atoms with E-state index in [0.29, 0.717) is 12.1 Å². The summed E-state index contributed by atoms with van der Waals surface area (Å²) in [6, 6.07) is 5.11. The van der Waals surface area contributed by atoms with E-state index in [9.17, 15) is 13.2 Å². The van der Waals surface area contributed by atoms with E-state index < -0.39 is 16.0 Å². The number of aliphatic imine (C=N–C) groups is 1. The summed E-state index contributed by atoms with van der Waals surface area (Å²) in [6.45, 7) is 5.29. The fourth-order valence-electron chi connectivity index (χ4n) is 1.86. The minimum atomic E-state index is -3.94. The molecule has 0 aliphatic heterocycles. The number of sulfonamides is 1. The Morgan fingerprint density at radius 3 is 2.71 bits per heavy atom. The second kappa shape index (κ2) is 8.99. The first-order valence-corrected chi connectivity index (χ1v) is 8.53. The Labute approximate surface area is 141 Å². The van der Waals surface area contributed by atoms with Crippen molar-refractivity contribution in [1.29, 1.82) is 0 Å². The molecule has 130 valence electrons. The van der Waals surface area contributed by atoms with Gasteiger partial charge < -0.3 is 9.84 Å².